The highest BCUT2D eigenvalue weighted by atomic mass is 35.5. The van der Waals surface area contributed by atoms with Crippen molar-refractivity contribution in [2.45, 2.75) is 18.9 Å². The van der Waals surface area contributed by atoms with Gasteiger partial charge in [0.2, 0.25) is 0 Å². The summed E-state index contributed by atoms with van der Waals surface area (Å²) in [6.07, 6.45) is 1.06. The maximum Gasteiger partial charge on any atom is 0.167 e. The van der Waals surface area contributed by atoms with Crippen LogP contribution >= 0.6 is 24.0 Å². The van der Waals surface area contributed by atoms with Crippen molar-refractivity contribution >= 4 is 29.8 Å². The molecule has 6 heteroatoms. The van der Waals surface area contributed by atoms with Crippen LogP contribution in [-0.2, 0) is 6.42 Å². The van der Waals surface area contributed by atoms with Crippen molar-refractivity contribution in [3.05, 3.63) is 64.2 Å². The molecule has 0 aliphatic heterocycles. The zero-order valence-electron chi connectivity index (χ0n) is 14.6. The Hall–Kier alpha value is -1.59. The zero-order valence-corrected chi connectivity index (χ0v) is 16.1. The first-order valence-corrected chi connectivity index (χ1v) is 8.81. The molecule has 0 saturated heterocycles. The highest BCUT2D eigenvalue weighted by Gasteiger charge is 2.27. The molecule has 3 rings (SSSR count). The van der Waals surface area contributed by atoms with Crippen LogP contribution in [0.15, 0.2) is 42.5 Å². The topological polar surface area (TPSA) is 58.6 Å². The number of methoxy groups -OCH3 is 1. The number of Topliss-reactive ketones (excluding diaryl/α,β-unsaturated/α-hetero) is 1. The van der Waals surface area contributed by atoms with Crippen LogP contribution in [0.5, 0.6) is 5.75 Å². The summed E-state index contributed by atoms with van der Waals surface area (Å²) < 4.78 is 5.22. The van der Waals surface area contributed by atoms with Crippen LogP contribution in [0.2, 0.25) is 5.02 Å². The van der Waals surface area contributed by atoms with Gasteiger partial charge in [0.15, 0.2) is 5.78 Å². The van der Waals surface area contributed by atoms with Crippen molar-refractivity contribution in [3.8, 4) is 5.75 Å². The summed E-state index contributed by atoms with van der Waals surface area (Å²) in [4.78, 5) is 12.6. The van der Waals surface area contributed by atoms with Crippen LogP contribution in [-0.4, -0.2) is 31.1 Å². The minimum absolute atomic E-state index is 0. The molecule has 2 atom stereocenters. The molecule has 4 nitrogen and oxygen atoms in total. The predicted molar refractivity (Wildman–Crippen MR) is 106 cm³/mol. The molecule has 1 aliphatic rings. The Balaban J connectivity index is 0.00000243. The number of nitrogens with one attached hydrogen (secondary N) is 1. The molecule has 2 unspecified atom stereocenters. The van der Waals surface area contributed by atoms with Crippen molar-refractivity contribution in [2.75, 3.05) is 20.2 Å². The van der Waals surface area contributed by atoms with Crippen molar-refractivity contribution in [2.24, 2.45) is 5.92 Å². The fourth-order valence-electron chi connectivity index (χ4n) is 3.22. The van der Waals surface area contributed by atoms with Gasteiger partial charge in [-0.05, 0) is 54.3 Å². The van der Waals surface area contributed by atoms with Gasteiger partial charge in [-0.1, -0.05) is 23.7 Å². The van der Waals surface area contributed by atoms with Gasteiger partial charge in [0.05, 0.1) is 13.2 Å². The summed E-state index contributed by atoms with van der Waals surface area (Å²) in [6, 6.07) is 12.8. The molecular weight excluding hydrogens is 373 g/mol. The number of carbonyl (C=O) groups excluding carboxylic acids is 1. The number of ether oxygens (including phenoxy) is 1. The van der Waals surface area contributed by atoms with Crippen molar-refractivity contribution in [3.63, 3.8) is 0 Å². The third-order valence-corrected chi connectivity index (χ3v) is 4.95. The van der Waals surface area contributed by atoms with Gasteiger partial charge in [0, 0.05) is 29.6 Å². The van der Waals surface area contributed by atoms with Gasteiger partial charge in [-0.3, -0.25) is 4.79 Å². The van der Waals surface area contributed by atoms with E-state index in [2.05, 4.69) is 5.32 Å². The predicted octanol–water partition coefficient (Wildman–Crippen LogP) is 3.84. The largest absolute Gasteiger partial charge is 0.497 e. The van der Waals surface area contributed by atoms with E-state index in [1.807, 2.05) is 30.3 Å². The smallest absolute Gasteiger partial charge is 0.167 e. The summed E-state index contributed by atoms with van der Waals surface area (Å²) in [7, 11) is 1.63. The molecule has 0 spiro atoms. The molecule has 2 aromatic rings. The summed E-state index contributed by atoms with van der Waals surface area (Å²) >= 11 is 5.86. The van der Waals surface area contributed by atoms with Crippen molar-refractivity contribution in [1.82, 2.24) is 5.32 Å². The normalized spacial score (nSPS) is 17.2. The maximum atomic E-state index is 12.6. The van der Waals surface area contributed by atoms with E-state index in [-0.39, 0.29) is 24.1 Å². The van der Waals surface area contributed by atoms with Gasteiger partial charge < -0.3 is 15.2 Å². The Morgan fingerprint density at radius 1 is 1.27 bits per heavy atom. The Bertz CT molecular complexity index is 749. The zero-order chi connectivity index (χ0) is 17.8. The lowest BCUT2D eigenvalue weighted by atomic mass is 9.82. The molecule has 2 aromatic carbocycles. The van der Waals surface area contributed by atoms with E-state index in [1.54, 1.807) is 19.2 Å². The Morgan fingerprint density at radius 3 is 2.69 bits per heavy atom. The van der Waals surface area contributed by atoms with Crippen molar-refractivity contribution in [1.29, 1.82) is 0 Å². The second-order valence-electron chi connectivity index (χ2n) is 6.35. The monoisotopic (exact) mass is 395 g/mol. The minimum Gasteiger partial charge on any atom is -0.497 e. The van der Waals surface area contributed by atoms with Crippen LogP contribution in [0.1, 0.15) is 34.0 Å². The lowest BCUT2D eigenvalue weighted by Crippen LogP contribution is -2.34. The molecule has 26 heavy (non-hydrogen) atoms. The molecule has 0 aromatic heterocycles. The highest BCUT2D eigenvalue weighted by Crippen LogP contribution is 2.28. The van der Waals surface area contributed by atoms with Gasteiger partial charge in [0.1, 0.15) is 5.75 Å². The summed E-state index contributed by atoms with van der Waals surface area (Å²) in [6.45, 7) is 0.968. The van der Waals surface area contributed by atoms with E-state index in [0.717, 1.165) is 35.3 Å². The minimum atomic E-state index is -0.618. The van der Waals surface area contributed by atoms with Gasteiger partial charge >= 0.3 is 0 Å². The number of halogens is 2. The molecule has 0 bridgehead atoms. The number of hydrogen-bond donors (Lipinski definition) is 2. The second-order valence-corrected chi connectivity index (χ2v) is 6.78. The van der Waals surface area contributed by atoms with Gasteiger partial charge in [-0.25, -0.2) is 0 Å². The van der Waals surface area contributed by atoms with E-state index in [1.165, 1.54) is 0 Å². The van der Waals surface area contributed by atoms with E-state index in [4.69, 9.17) is 16.3 Å². The molecule has 0 heterocycles. The molecule has 0 fully saturated rings. The third kappa shape index (κ3) is 4.77. The molecule has 1 aliphatic carbocycles. The van der Waals surface area contributed by atoms with Crippen LogP contribution in [0.4, 0.5) is 0 Å². The van der Waals surface area contributed by atoms with E-state index in [0.29, 0.717) is 18.1 Å². The summed E-state index contributed by atoms with van der Waals surface area (Å²) in [5.41, 5.74) is 2.66. The number of ketones is 1. The number of aryl methyl sites for hydroxylation is 1. The molecule has 0 radical (unpaired) electrons. The number of carbonyl (C=O) groups is 1. The van der Waals surface area contributed by atoms with Crippen molar-refractivity contribution < 1.29 is 14.6 Å². The van der Waals surface area contributed by atoms with Crippen LogP contribution in [0.3, 0.4) is 0 Å². The first kappa shape index (κ1) is 20.7. The maximum absolute atomic E-state index is 12.6. The molecule has 0 saturated carbocycles. The van der Waals surface area contributed by atoms with Crippen LogP contribution in [0, 0.1) is 5.92 Å². The standard InChI is InChI=1S/C20H22ClNO3.ClH/c1-25-17-8-9-18-14(10-17)2-3-15(20(18)24)11-22-12-19(23)13-4-6-16(21)7-5-13;/h4-10,15,19,22-23H,2-3,11-12H2,1H3;1H. The van der Waals surface area contributed by atoms with E-state index >= 15 is 0 Å². The molecular formula is C20H23Cl2NO3. The lowest BCUT2D eigenvalue weighted by Gasteiger charge is -2.24. The first-order chi connectivity index (χ1) is 12.1. The second kappa shape index (κ2) is 9.38. The van der Waals surface area contributed by atoms with E-state index < -0.39 is 6.10 Å². The van der Waals surface area contributed by atoms with Gasteiger partial charge in [-0.2, -0.15) is 0 Å². The number of aliphatic hydroxyl groups is 1. The highest BCUT2D eigenvalue weighted by molar-refractivity contribution is 6.30. The Kier molecular flexibility index (Phi) is 7.47. The quantitative estimate of drug-likeness (QED) is 0.779. The number of hydrogen-bond acceptors (Lipinski definition) is 4. The number of rotatable bonds is 6. The molecule has 2 N–H and O–H groups in total. The number of aliphatic hydroxyl groups excluding tert-OH is 1. The van der Waals surface area contributed by atoms with Gasteiger partial charge in [0.25, 0.3) is 0 Å². The van der Waals surface area contributed by atoms with Crippen LogP contribution in [0.25, 0.3) is 0 Å². The first-order valence-electron chi connectivity index (χ1n) is 8.44. The van der Waals surface area contributed by atoms with Crippen LogP contribution < -0.4 is 10.1 Å². The van der Waals surface area contributed by atoms with Gasteiger partial charge in [-0.15, -0.1) is 12.4 Å². The summed E-state index contributed by atoms with van der Waals surface area (Å²) in [5, 5.41) is 14.1. The number of fused-ring (bicyclic) bond motifs is 1. The van der Waals surface area contributed by atoms with E-state index in [9.17, 15) is 9.90 Å². The average Bonchev–Trinajstić information content (AvgIpc) is 2.63. The average molecular weight is 396 g/mol. The molecule has 140 valence electrons. The summed E-state index contributed by atoms with van der Waals surface area (Å²) in [5.74, 6) is 0.893. The lowest BCUT2D eigenvalue weighted by molar-refractivity contribution is 0.0894. The SMILES string of the molecule is COc1ccc2c(c1)CCC(CNCC(O)c1ccc(Cl)cc1)C2=O.Cl. The fraction of sp³-hybridized carbons (Fsp3) is 0.350. The Morgan fingerprint density at radius 2 is 2.00 bits per heavy atom. The number of benzene rings is 2. The molecule has 0 amide bonds. The Labute approximate surface area is 164 Å². The fourth-order valence-corrected chi connectivity index (χ4v) is 3.34. The third-order valence-electron chi connectivity index (χ3n) is 4.69.